The van der Waals surface area contributed by atoms with Crippen LogP contribution in [0.25, 0.3) is 0 Å². The fourth-order valence-electron chi connectivity index (χ4n) is 0.703. The lowest BCUT2D eigenvalue weighted by Crippen LogP contribution is -2.61. The minimum Gasteiger partial charge on any atom is -0.217 e. The zero-order valence-corrected chi connectivity index (χ0v) is 6.67. The molecule has 0 amide bonds. The molecule has 0 aromatic carbocycles. The van der Waals surface area contributed by atoms with E-state index in [4.69, 9.17) is 0 Å². The number of alkyl halides is 8. The number of halogens is 8. The maximum atomic E-state index is 12.8. The van der Waals surface area contributed by atoms with Crippen LogP contribution in [0.3, 0.4) is 0 Å². The molecule has 0 bridgehead atoms. The van der Waals surface area contributed by atoms with E-state index < -0.39 is 23.1 Å². The van der Waals surface area contributed by atoms with Crippen molar-refractivity contribution in [2.24, 2.45) is 10.2 Å². The molecule has 0 radical (unpaired) electrons. The van der Waals surface area contributed by atoms with Crippen LogP contribution in [-0.4, -0.2) is 23.1 Å². The summed E-state index contributed by atoms with van der Waals surface area (Å²) in [6.07, 6.45) is -12.5. The summed E-state index contributed by atoms with van der Waals surface area (Å²) in [5.74, 6) is 0. The van der Waals surface area contributed by atoms with Crippen LogP contribution in [0.5, 0.6) is 0 Å². The standard InChI is InChI=1S/C4ClF7N2/c5-2(13-14-2)1(6,3(7,8)9)4(10,11)12. The van der Waals surface area contributed by atoms with Crippen LogP contribution in [0, 0.1) is 0 Å². The Morgan fingerprint density at radius 3 is 1.14 bits per heavy atom. The molecule has 0 unspecified atom stereocenters. The van der Waals surface area contributed by atoms with Gasteiger partial charge in [0, 0.05) is 0 Å². The molecule has 2 nitrogen and oxygen atoms in total. The van der Waals surface area contributed by atoms with E-state index in [2.05, 4.69) is 21.8 Å². The first-order valence-corrected chi connectivity index (χ1v) is 3.29. The molecule has 0 saturated carbocycles. The minimum absolute atomic E-state index is 2.21. The molecule has 1 rings (SSSR count). The van der Waals surface area contributed by atoms with Gasteiger partial charge < -0.3 is 0 Å². The van der Waals surface area contributed by atoms with Crippen molar-refractivity contribution in [3.63, 3.8) is 0 Å². The zero-order valence-electron chi connectivity index (χ0n) is 5.92. The third kappa shape index (κ3) is 1.25. The number of rotatable bonds is 1. The summed E-state index contributed by atoms with van der Waals surface area (Å²) in [7, 11) is 0. The first-order chi connectivity index (χ1) is 5.96. The van der Waals surface area contributed by atoms with Gasteiger partial charge in [0.25, 0.3) is 0 Å². The second kappa shape index (κ2) is 2.50. The summed E-state index contributed by atoms with van der Waals surface area (Å²) < 4.78 is 83.8. The van der Waals surface area contributed by atoms with Crippen LogP contribution in [0.1, 0.15) is 0 Å². The Balaban J connectivity index is 3.17. The van der Waals surface area contributed by atoms with E-state index in [9.17, 15) is 30.7 Å². The van der Waals surface area contributed by atoms with Crippen molar-refractivity contribution in [1.29, 1.82) is 0 Å². The van der Waals surface area contributed by atoms with Gasteiger partial charge in [-0.05, 0) is 0 Å². The number of nitrogens with zero attached hydrogens (tertiary/aromatic N) is 2. The van der Waals surface area contributed by atoms with E-state index in [0.29, 0.717) is 0 Å². The fraction of sp³-hybridized carbons (Fsp3) is 1.00. The Morgan fingerprint density at radius 1 is 0.786 bits per heavy atom. The average molecular weight is 244 g/mol. The lowest BCUT2D eigenvalue weighted by atomic mass is 10.0. The predicted molar refractivity (Wildman–Crippen MR) is 29.4 cm³/mol. The number of hydrogen-bond donors (Lipinski definition) is 0. The Labute approximate surface area is 76.7 Å². The molecule has 1 aliphatic rings. The van der Waals surface area contributed by atoms with Crippen LogP contribution in [0.4, 0.5) is 30.7 Å². The van der Waals surface area contributed by atoms with Gasteiger partial charge in [-0.1, -0.05) is 11.6 Å². The maximum Gasteiger partial charge on any atom is 0.437 e. The average Bonchev–Trinajstić information content (AvgIpc) is 2.62. The van der Waals surface area contributed by atoms with Gasteiger partial charge in [-0.25, -0.2) is 4.39 Å². The molecular formula is C4ClF7N2. The van der Waals surface area contributed by atoms with E-state index in [0.717, 1.165) is 0 Å². The predicted octanol–water partition coefficient (Wildman–Crippen LogP) is 3.18. The van der Waals surface area contributed by atoms with Crippen molar-refractivity contribution < 1.29 is 30.7 Å². The Hall–Kier alpha value is -0.600. The van der Waals surface area contributed by atoms with Gasteiger partial charge in [0.15, 0.2) is 0 Å². The van der Waals surface area contributed by atoms with E-state index in [1.165, 1.54) is 0 Å². The summed E-state index contributed by atoms with van der Waals surface area (Å²) in [6.45, 7) is 0. The Kier molecular flexibility index (Phi) is 2.05. The SMILES string of the molecule is FC(F)(F)C(F)(C(F)(F)F)C1(Cl)N=N1. The minimum atomic E-state index is -6.23. The van der Waals surface area contributed by atoms with Crippen molar-refractivity contribution in [3.05, 3.63) is 0 Å². The Morgan fingerprint density at radius 2 is 1.07 bits per heavy atom. The van der Waals surface area contributed by atoms with Crippen LogP contribution in [-0.2, 0) is 0 Å². The largest absolute Gasteiger partial charge is 0.437 e. The Bertz CT molecular complexity index is 249. The molecule has 1 aliphatic heterocycles. The van der Waals surface area contributed by atoms with Crippen LogP contribution in [0.2, 0.25) is 0 Å². The molecule has 0 spiro atoms. The molecular weight excluding hydrogens is 244 g/mol. The quantitative estimate of drug-likeness (QED) is 0.384. The molecule has 0 fully saturated rings. The van der Waals surface area contributed by atoms with Crippen molar-refractivity contribution >= 4 is 11.6 Å². The molecule has 0 aliphatic carbocycles. The zero-order chi connectivity index (χ0) is 11.4. The topological polar surface area (TPSA) is 24.7 Å². The van der Waals surface area contributed by atoms with Crippen LogP contribution >= 0.6 is 11.6 Å². The van der Waals surface area contributed by atoms with E-state index in [1.807, 2.05) is 0 Å². The first-order valence-electron chi connectivity index (χ1n) is 2.91. The number of hydrogen-bond acceptors (Lipinski definition) is 2. The van der Waals surface area contributed by atoms with Gasteiger partial charge in [0.05, 0.1) is 0 Å². The summed E-state index contributed by atoms with van der Waals surface area (Å²) in [5.41, 5.74) is -5.64. The highest BCUT2D eigenvalue weighted by molar-refractivity contribution is 6.25. The van der Waals surface area contributed by atoms with Crippen LogP contribution < -0.4 is 0 Å². The van der Waals surface area contributed by atoms with Gasteiger partial charge in [0.1, 0.15) is 0 Å². The molecule has 82 valence electrons. The third-order valence-corrected chi connectivity index (χ3v) is 1.91. The summed E-state index contributed by atoms with van der Waals surface area (Å²) in [6, 6.07) is 0. The highest BCUT2D eigenvalue weighted by atomic mass is 35.5. The van der Waals surface area contributed by atoms with Gasteiger partial charge in [-0.15, -0.1) is 10.2 Å². The molecule has 1 heterocycles. The first kappa shape index (κ1) is 11.5. The third-order valence-electron chi connectivity index (χ3n) is 1.50. The normalized spacial score (nSPS) is 21.1. The smallest absolute Gasteiger partial charge is 0.217 e. The second-order valence-corrected chi connectivity index (χ2v) is 2.97. The van der Waals surface area contributed by atoms with Gasteiger partial charge in [0.2, 0.25) is 0 Å². The molecule has 10 heteroatoms. The van der Waals surface area contributed by atoms with Gasteiger partial charge in [-0.2, -0.15) is 26.3 Å². The molecule has 0 saturated heterocycles. The highest BCUT2D eigenvalue weighted by Crippen LogP contribution is 2.60. The molecule has 0 aromatic rings. The fourth-order valence-corrected chi connectivity index (χ4v) is 0.955. The molecule has 0 N–H and O–H groups in total. The summed E-state index contributed by atoms with van der Waals surface area (Å²) in [4.78, 5) is 0. The monoisotopic (exact) mass is 244 g/mol. The maximum absolute atomic E-state index is 12.8. The lowest BCUT2D eigenvalue weighted by molar-refractivity contribution is -0.346. The lowest BCUT2D eigenvalue weighted by Gasteiger charge is -2.30. The summed E-state index contributed by atoms with van der Waals surface area (Å²) >= 11 is 4.57. The van der Waals surface area contributed by atoms with Crippen LogP contribution in [0.15, 0.2) is 10.2 Å². The highest BCUT2D eigenvalue weighted by Gasteiger charge is 2.86. The van der Waals surface area contributed by atoms with E-state index in [1.54, 1.807) is 0 Å². The van der Waals surface area contributed by atoms with E-state index >= 15 is 0 Å². The summed E-state index contributed by atoms with van der Waals surface area (Å²) in [5, 5.41) is 0.808. The van der Waals surface area contributed by atoms with Crippen molar-refractivity contribution in [2.75, 3.05) is 0 Å². The van der Waals surface area contributed by atoms with Crippen molar-refractivity contribution in [2.45, 2.75) is 23.1 Å². The molecule has 0 atom stereocenters. The van der Waals surface area contributed by atoms with E-state index in [-0.39, 0.29) is 0 Å². The van der Waals surface area contributed by atoms with Crippen molar-refractivity contribution in [3.8, 4) is 0 Å². The second-order valence-electron chi connectivity index (χ2n) is 2.44. The van der Waals surface area contributed by atoms with Gasteiger partial charge >= 0.3 is 23.1 Å². The molecule has 0 aromatic heterocycles. The molecule has 14 heavy (non-hydrogen) atoms. The van der Waals surface area contributed by atoms with Gasteiger partial charge in [-0.3, -0.25) is 0 Å². The van der Waals surface area contributed by atoms with Crippen molar-refractivity contribution in [1.82, 2.24) is 0 Å².